The van der Waals surface area contributed by atoms with Gasteiger partial charge < -0.3 is 9.15 Å². The van der Waals surface area contributed by atoms with Crippen molar-refractivity contribution in [3.8, 4) is 11.1 Å². The maximum absolute atomic E-state index is 12.4. The van der Waals surface area contributed by atoms with Gasteiger partial charge in [-0.1, -0.05) is 18.2 Å². The minimum Gasteiger partial charge on any atom is -0.443 e. The number of ether oxygens (including phenoxy) is 1. The van der Waals surface area contributed by atoms with Crippen LogP contribution in [-0.4, -0.2) is 16.3 Å². The van der Waals surface area contributed by atoms with Crippen molar-refractivity contribution in [3.63, 3.8) is 0 Å². The molecular weight excluding hydrogens is 354 g/mol. The standard InChI is InChI=1S/C23H21NO4/c1-14-11-21(25)27-20-13-16(5-7-18(14)20)15-6-8-19-17(12-15)9-10-24(19)22(26)28-23(2,3)4/h5-13H,1-4H3. The molecule has 0 unspecified atom stereocenters. The first kappa shape index (κ1) is 18.0. The third-order valence-corrected chi connectivity index (χ3v) is 4.57. The van der Waals surface area contributed by atoms with E-state index < -0.39 is 11.7 Å². The van der Waals surface area contributed by atoms with E-state index >= 15 is 0 Å². The van der Waals surface area contributed by atoms with Crippen molar-refractivity contribution in [2.24, 2.45) is 0 Å². The fraction of sp³-hybridized carbons (Fsp3) is 0.217. The molecule has 0 fully saturated rings. The Morgan fingerprint density at radius 1 is 1.00 bits per heavy atom. The van der Waals surface area contributed by atoms with Crippen molar-refractivity contribution < 1.29 is 13.9 Å². The number of fused-ring (bicyclic) bond motifs is 2. The van der Waals surface area contributed by atoms with Crippen LogP contribution in [0.3, 0.4) is 0 Å². The summed E-state index contributed by atoms with van der Waals surface area (Å²) in [6.45, 7) is 7.42. The summed E-state index contributed by atoms with van der Waals surface area (Å²) in [6.07, 6.45) is 1.31. The van der Waals surface area contributed by atoms with Gasteiger partial charge in [0.25, 0.3) is 0 Å². The van der Waals surface area contributed by atoms with E-state index in [9.17, 15) is 9.59 Å². The predicted octanol–water partition coefficient (Wildman–Crippen LogP) is 5.51. The van der Waals surface area contributed by atoms with Crippen LogP contribution in [0.25, 0.3) is 33.0 Å². The van der Waals surface area contributed by atoms with E-state index in [0.29, 0.717) is 5.58 Å². The van der Waals surface area contributed by atoms with Gasteiger partial charge in [0.1, 0.15) is 11.2 Å². The van der Waals surface area contributed by atoms with Crippen LogP contribution in [0.1, 0.15) is 26.3 Å². The van der Waals surface area contributed by atoms with Gasteiger partial charge in [0, 0.05) is 23.0 Å². The molecular formula is C23H21NO4. The predicted molar refractivity (Wildman–Crippen MR) is 110 cm³/mol. The summed E-state index contributed by atoms with van der Waals surface area (Å²) in [4.78, 5) is 24.1. The van der Waals surface area contributed by atoms with Crippen LogP contribution in [0.4, 0.5) is 4.79 Å². The molecule has 0 N–H and O–H groups in total. The van der Waals surface area contributed by atoms with Crippen molar-refractivity contribution in [3.05, 3.63) is 70.7 Å². The molecule has 0 saturated carbocycles. The van der Waals surface area contributed by atoms with Gasteiger partial charge in [-0.05, 0) is 68.7 Å². The Hall–Kier alpha value is -3.34. The third kappa shape index (κ3) is 3.31. The molecule has 5 heteroatoms. The molecule has 0 aliphatic heterocycles. The van der Waals surface area contributed by atoms with Gasteiger partial charge in [-0.25, -0.2) is 9.59 Å². The summed E-state index contributed by atoms with van der Waals surface area (Å²) in [6, 6.07) is 15.0. The van der Waals surface area contributed by atoms with Gasteiger partial charge in [-0.3, -0.25) is 4.57 Å². The van der Waals surface area contributed by atoms with E-state index in [-0.39, 0.29) is 5.63 Å². The first-order chi connectivity index (χ1) is 13.2. The zero-order valence-corrected chi connectivity index (χ0v) is 16.3. The lowest BCUT2D eigenvalue weighted by Crippen LogP contribution is -2.26. The number of aromatic nitrogens is 1. The molecule has 0 atom stereocenters. The monoisotopic (exact) mass is 375 g/mol. The zero-order valence-electron chi connectivity index (χ0n) is 16.3. The Kier molecular flexibility index (Phi) is 4.11. The average Bonchev–Trinajstić information content (AvgIpc) is 3.03. The van der Waals surface area contributed by atoms with Crippen molar-refractivity contribution in [1.82, 2.24) is 4.57 Å². The van der Waals surface area contributed by atoms with Crippen molar-refractivity contribution >= 4 is 28.0 Å². The second-order valence-corrected chi connectivity index (χ2v) is 7.90. The van der Waals surface area contributed by atoms with E-state index in [1.807, 2.05) is 70.2 Å². The maximum atomic E-state index is 12.4. The number of aryl methyl sites for hydroxylation is 1. The minimum atomic E-state index is -0.555. The molecule has 4 rings (SSSR count). The highest BCUT2D eigenvalue weighted by atomic mass is 16.6. The number of carbonyl (C=O) groups excluding carboxylic acids is 1. The lowest BCUT2D eigenvalue weighted by atomic mass is 10.0. The molecule has 2 heterocycles. The van der Waals surface area contributed by atoms with E-state index in [1.165, 1.54) is 10.6 Å². The van der Waals surface area contributed by atoms with Crippen molar-refractivity contribution in [2.45, 2.75) is 33.3 Å². The highest BCUT2D eigenvalue weighted by Gasteiger charge is 2.19. The molecule has 0 radical (unpaired) electrons. The SMILES string of the molecule is Cc1cc(=O)oc2cc(-c3ccc4c(ccn4C(=O)OC(C)(C)C)c3)ccc12. The van der Waals surface area contributed by atoms with E-state index in [0.717, 1.165) is 33.0 Å². The van der Waals surface area contributed by atoms with E-state index in [2.05, 4.69) is 0 Å². The second-order valence-electron chi connectivity index (χ2n) is 7.90. The number of benzene rings is 2. The molecule has 142 valence electrons. The van der Waals surface area contributed by atoms with Crippen LogP contribution >= 0.6 is 0 Å². The van der Waals surface area contributed by atoms with Gasteiger partial charge in [0.05, 0.1) is 5.52 Å². The molecule has 28 heavy (non-hydrogen) atoms. The number of nitrogens with zero attached hydrogens (tertiary/aromatic N) is 1. The highest BCUT2D eigenvalue weighted by Crippen LogP contribution is 2.29. The van der Waals surface area contributed by atoms with Gasteiger partial charge in [0.2, 0.25) is 0 Å². The lowest BCUT2D eigenvalue weighted by Gasteiger charge is -2.19. The zero-order chi connectivity index (χ0) is 20.1. The van der Waals surface area contributed by atoms with Gasteiger partial charge in [-0.15, -0.1) is 0 Å². The number of rotatable bonds is 1. The summed E-state index contributed by atoms with van der Waals surface area (Å²) in [7, 11) is 0. The van der Waals surface area contributed by atoms with Crippen LogP contribution in [0.2, 0.25) is 0 Å². The Balaban J connectivity index is 1.76. The topological polar surface area (TPSA) is 61.4 Å². The molecule has 2 aromatic carbocycles. The quantitative estimate of drug-likeness (QED) is 0.412. The third-order valence-electron chi connectivity index (χ3n) is 4.57. The van der Waals surface area contributed by atoms with Gasteiger partial charge in [-0.2, -0.15) is 0 Å². The molecule has 0 aliphatic carbocycles. The number of hydrogen-bond acceptors (Lipinski definition) is 4. The Bertz CT molecular complexity index is 1270. The molecule has 5 nitrogen and oxygen atoms in total. The molecule has 2 aromatic heterocycles. The molecule has 0 aliphatic rings. The number of hydrogen-bond donors (Lipinski definition) is 0. The van der Waals surface area contributed by atoms with E-state index in [4.69, 9.17) is 9.15 Å². The summed E-state index contributed by atoms with van der Waals surface area (Å²) < 4.78 is 12.3. The van der Waals surface area contributed by atoms with Gasteiger partial charge >= 0.3 is 11.7 Å². The largest absolute Gasteiger partial charge is 0.443 e. The summed E-state index contributed by atoms with van der Waals surface area (Å²) in [5, 5.41) is 1.84. The Morgan fingerprint density at radius 2 is 1.71 bits per heavy atom. The maximum Gasteiger partial charge on any atom is 0.418 e. The smallest absolute Gasteiger partial charge is 0.418 e. The molecule has 0 saturated heterocycles. The summed E-state index contributed by atoms with van der Waals surface area (Å²) in [5.41, 5.74) is 3.24. The Morgan fingerprint density at radius 3 is 2.46 bits per heavy atom. The van der Waals surface area contributed by atoms with Crippen LogP contribution < -0.4 is 5.63 Å². The normalized spacial score (nSPS) is 11.9. The first-order valence-electron chi connectivity index (χ1n) is 9.11. The molecule has 0 bridgehead atoms. The number of carbonyl (C=O) groups is 1. The van der Waals surface area contributed by atoms with Gasteiger partial charge in [0.15, 0.2) is 0 Å². The molecule has 4 aromatic rings. The fourth-order valence-corrected chi connectivity index (χ4v) is 3.30. The van der Waals surface area contributed by atoms with E-state index in [1.54, 1.807) is 6.20 Å². The lowest BCUT2D eigenvalue weighted by molar-refractivity contribution is 0.0544. The van der Waals surface area contributed by atoms with Crippen molar-refractivity contribution in [2.75, 3.05) is 0 Å². The molecule has 0 amide bonds. The van der Waals surface area contributed by atoms with Crippen LogP contribution in [0.15, 0.2) is 63.9 Å². The first-order valence-corrected chi connectivity index (χ1v) is 9.11. The summed E-state index contributed by atoms with van der Waals surface area (Å²) in [5.74, 6) is 0. The van der Waals surface area contributed by atoms with Crippen molar-refractivity contribution in [1.29, 1.82) is 0 Å². The van der Waals surface area contributed by atoms with Crippen LogP contribution in [0, 0.1) is 6.92 Å². The highest BCUT2D eigenvalue weighted by molar-refractivity contribution is 5.93. The second kappa shape index (κ2) is 6.37. The van der Waals surface area contributed by atoms with Crippen LogP contribution in [0.5, 0.6) is 0 Å². The fourth-order valence-electron chi connectivity index (χ4n) is 3.30. The average molecular weight is 375 g/mol. The molecule has 0 spiro atoms. The van der Waals surface area contributed by atoms with Crippen LogP contribution in [-0.2, 0) is 4.74 Å². The Labute approximate surface area is 162 Å². The minimum absolute atomic E-state index is 0.355. The summed E-state index contributed by atoms with van der Waals surface area (Å²) >= 11 is 0.